The minimum absolute atomic E-state index is 0.276. The van der Waals surface area contributed by atoms with Crippen molar-refractivity contribution >= 4 is 16.9 Å². The molecule has 140 valence electrons. The third kappa shape index (κ3) is 3.90. The summed E-state index contributed by atoms with van der Waals surface area (Å²) in [4.78, 5) is 22.9. The topological polar surface area (TPSA) is 49.0 Å². The number of carbonyl (C=O) groups excluding carboxylic acids is 1. The molecule has 0 aliphatic carbocycles. The first kappa shape index (κ1) is 17.8. The molecular formula is C23H27N3O. The van der Waals surface area contributed by atoms with Crippen LogP contribution in [0.5, 0.6) is 0 Å². The summed E-state index contributed by atoms with van der Waals surface area (Å²) in [5.41, 5.74) is 5.96. The Morgan fingerprint density at radius 1 is 1.15 bits per heavy atom. The van der Waals surface area contributed by atoms with Crippen molar-refractivity contribution < 1.29 is 4.79 Å². The number of likely N-dealkylation sites (tertiary alicyclic amines) is 1. The van der Waals surface area contributed by atoms with Crippen LogP contribution in [-0.4, -0.2) is 33.9 Å². The van der Waals surface area contributed by atoms with Gasteiger partial charge in [0.15, 0.2) is 0 Å². The smallest absolute Gasteiger partial charge is 0.222 e. The van der Waals surface area contributed by atoms with Gasteiger partial charge >= 0.3 is 0 Å². The number of aromatic nitrogens is 2. The van der Waals surface area contributed by atoms with Crippen molar-refractivity contribution in [2.75, 3.05) is 13.1 Å². The summed E-state index contributed by atoms with van der Waals surface area (Å²) >= 11 is 0. The molecule has 4 nitrogen and oxygen atoms in total. The van der Waals surface area contributed by atoms with Gasteiger partial charge in [-0.05, 0) is 56.4 Å². The zero-order valence-electron chi connectivity index (χ0n) is 16.2. The molecule has 4 heteroatoms. The van der Waals surface area contributed by atoms with E-state index in [9.17, 15) is 4.79 Å². The third-order valence-electron chi connectivity index (χ3n) is 5.75. The van der Waals surface area contributed by atoms with Gasteiger partial charge in [0.2, 0.25) is 5.91 Å². The summed E-state index contributed by atoms with van der Waals surface area (Å²) in [6, 6.07) is 14.6. The normalized spacial score (nSPS) is 15.4. The second-order valence-corrected chi connectivity index (χ2v) is 7.72. The van der Waals surface area contributed by atoms with Gasteiger partial charge in [-0.15, -0.1) is 0 Å². The molecule has 1 aromatic heterocycles. The summed E-state index contributed by atoms with van der Waals surface area (Å²) in [5, 5.41) is 0. The number of aryl methyl sites for hydroxylation is 3. The summed E-state index contributed by atoms with van der Waals surface area (Å²) in [6.07, 6.45) is 3.39. The Hall–Kier alpha value is -2.62. The maximum atomic E-state index is 12.6. The van der Waals surface area contributed by atoms with E-state index < -0.39 is 0 Å². The Kier molecular flexibility index (Phi) is 4.97. The van der Waals surface area contributed by atoms with E-state index in [0.717, 1.165) is 49.2 Å². The van der Waals surface area contributed by atoms with Crippen molar-refractivity contribution in [3.63, 3.8) is 0 Å². The average Bonchev–Trinajstić information content (AvgIpc) is 3.11. The fourth-order valence-electron chi connectivity index (χ4n) is 4.09. The molecule has 3 aromatic rings. The first-order valence-corrected chi connectivity index (χ1v) is 9.89. The number of fused-ring (bicyclic) bond motifs is 1. The Balaban J connectivity index is 1.32. The van der Waals surface area contributed by atoms with Gasteiger partial charge in [-0.2, -0.15) is 0 Å². The SMILES string of the molecule is Cc1ccc(CCC(=O)N2CCC(c3nc4ccccc4[nH]3)CC2)c(C)c1. The Labute approximate surface area is 160 Å². The van der Waals surface area contributed by atoms with E-state index in [0.29, 0.717) is 12.3 Å². The number of piperidine rings is 1. The van der Waals surface area contributed by atoms with Crippen molar-refractivity contribution in [2.24, 2.45) is 0 Å². The molecule has 1 aliphatic rings. The highest BCUT2D eigenvalue weighted by molar-refractivity contribution is 5.77. The maximum absolute atomic E-state index is 12.6. The highest BCUT2D eigenvalue weighted by Gasteiger charge is 2.25. The largest absolute Gasteiger partial charge is 0.343 e. The number of rotatable bonds is 4. The van der Waals surface area contributed by atoms with Crippen molar-refractivity contribution in [2.45, 2.75) is 45.4 Å². The van der Waals surface area contributed by atoms with Crippen LogP contribution in [0.2, 0.25) is 0 Å². The Morgan fingerprint density at radius 2 is 1.93 bits per heavy atom. The molecule has 4 rings (SSSR count). The fraction of sp³-hybridized carbons (Fsp3) is 0.391. The second-order valence-electron chi connectivity index (χ2n) is 7.72. The minimum atomic E-state index is 0.276. The van der Waals surface area contributed by atoms with Gasteiger partial charge in [0.25, 0.3) is 0 Å². The molecule has 0 unspecified atom stereocenters. The monoisotopic (exact) mass is 361 g/mol. The highest BCUT2D eigenvalue weighted by atomic mass is 16.2. The van der Waals surface area contributed by atoms with Crippen molar-refractivity contribution in [1.82, 2.24) is 14.9 Å². The molecule has 1 fully saturated rings. The summed E-state index contributed by atoms with van der Waals surface area (Å²) in [7, 11) is 0. The zero-order chi connectivity index (χ0) is 18.8. The third-order valence-corrected chi connectivity index (χ3v) is 5.75. The summed E-state index contributed by atoms with van der Waals surface area (Å²) in [6.45, 7) is 5.89. The molecule has 1 saturated heterocycles. The van der Waals surface area contributed by atoms with E-state index in [1.807, 2.05) is 23.1 Å². The van der Waals surface area contributed by atoms with Gasteiger partial charge in [-0.1, -0.05) is 35.9 Å². The van der Waals surface area contributed by atoms with Crippen molar-refractivity contribution in [1.29, 1.82) is 0 Å². The van der Waals surface area contributed by atoms with Gasteiger partial charge in [0.1, 0.15) is 5.82 Å². The molecular weight excluding hydrogens is 334 g/mol. The summed E-state index contributed by atoms with van der Waals surface area (Å²) in [5.74, 6) is 1.76. The first-order valence-electron chi connectivity index (χ1n) is 9.89. The van der Waals surface area contributed by atoms with E-state index in [-0.39, 0.29) is 5.91 Å². The average molecular weight is 361 g/mol. The van der Waals surface area contributed by atoms with Crippen LogP contribution >= 0.6 is 0 Å². The van der Waals surface area contributed by atoms with Crippen LogP contribution in [0.15, 0.2) is 42.5 Å². The van der Waals surface area contributed by atoms with Crippen LogP contribution in [0.4, 0.5) is 0 Å². The van der Waals surface area contributed by atoms with Crippen LogP contribution in [0.25, 0.3) is 11.0 Å². The number of imidazole rings is 1. The molecule has 0 atom stereocenters. The lowest BCUT2D eigenvalue weighted by molar-refractivity contribution is -0.132. The van der Waals surface area contributed by atoms with Gasteiger partial charge in [0, 0.05) is 25.4 Å². The van der Waals surface area contributed by atoms with Gasteiger partial charge in [-0.3, -0.25) is 4.79 Å². The molecule has 0 bridgehead atoms. The fourth-order valence-corrected chi connectivity index (χ4v) is 4.09. The molecule has 1 amide bonds. The zero-order valence-corrected chi connectivity index (χ0v) is 16.2. The Bertz CT molecular complexity index is 918. The molecule has 1 N–H and O–H groups in total. The van der Waals surface area contributed by atoms with Gasteiger partial charge in [0.05, 0.1) is 11.0 Å². The van der Waals surface area contributed by atoms with Crippen molar-refractivity contribution in [3.8, 4) is 0 Å². The molecule has 2 heterocycles. The van der Waals surface area contributed by atoms with Crippen LogP contribution in [0, 0.1) is 13.8 Å². The molecule has 1 aliphatic heterocycles. The number of amides is 1. The number of carbonyl (C=O) groups is 1. The molecule has 0 spiro atoms. The molecule has 27 heavy (non-hydrogen) atoms. The minimum Gasteiger partial charge on any atom is -0.343 e. The van der Waals surface area contributed by atoms with E-state index in [1.165, 1.54) is 16.7 Å². The lowest BCUT2D eigenvalue weighted by Crippen LogP contribution is -2.38. The number of para-hydroxylation sites is 2. The number of aromatic amines is 1. The highest BCUT2D eigenvalue weighted by Crippen LogP contribution is 2.28. The number of hydrogen-bond donors (Lipinski definition) is 1. The lowest BCUT2D eigenvalue weighted by Gasteiger charge is -2.31. The quantitative estimate of drug-likeness (QED) is 0.743. The first-order chi connectivity index (χ1) is 13.1. The van der Waals surface area contributed by atoms with E-state index in [1.54, 1.807) is 0 Å². The predicted molar refractivity (Wildman–Crippen MR) is 109 cm³/mol. The van der Waals surface area contributed by atoms with E-state index >= 15 is 0 Å². The van der Waals surface area contributed by atoms with E-state index in [2.05, 4.69) is 43.1 Å². The number of nitrogens with zero attached hydrogens (tertiary/aromatic N) is 2. The molecule has 2 aromatic carbocycles. The lowest BCUT2D eigenvalue weighted by atomic mass is 9.95. The predicted octanol–water partition coefficient (Wildman–Crippen LogP) is 4.52. The standard InChI is InChI=1S/C23H27N3O/c1-16-7-8-18(17(2)15-16)9-10-22(27)26-13-11-19(12-14-26)23-24-20-5-3-4-6-21(20)25-23/h3-8,15,19H,9-14H2,1-2H3,(H,24,25). The number of hydrogen-bond acceptors (Lipinski definition) is 2. The summed E-state index contributed by atoms with van der Waals surface area (Å²) < 4.78 is 0. The van der Waals surface area contributed by atoms with Crippen molar-refractivity contribution in [3.05, 3.63) is 65.0 Å². The number of H-pyrrole nitrogens is 1. The van der Waals surface area contributed by atoms with Crippen LogP contribution in [-0.2, 0) is 11.2 Å². The van der Waals surface area contributed by atoms with Crippen LogP contribution in [0.3, 0.4) is 0 Å². The van der Waals surface area contributed by atoms with Crippen LogP contribution < -0.4 is 0 Å². The number of nitrogens with one attached hydrogen (secondary N) is 1. The molecule has 0 radical (unpaired) electrons. The van der Waals surface area contributed by atoms with Crippen LogP contribution in [0.1, 0.15) is 47.7 Å². The number of benzene rings is 2. The maximum Gasteiger partial charge on any atom is 0.222 e. The second kappa shape index (κ2) is 7.55. The Morgan fingerprint density at radius 3 is 2.67 bits per heavy atom. The van der Waals surface area contributed by atoms with Gasteiger partial charge in [-0.25, -0.2) is 4.98 Å². The van der Waals surface area contributed by atoms with Gasteiger partial charge < -0.3 is 9.88 Å². The van der Waals surface area contributed by atoms with E-state index in [4.69, 9.17) is 4.98 Å². The molecule has 0 saturated carbocycles.